The Morgan fingerprint density at radius 2 is 2.47 bits per heavy atom. The Balaban J connectivity index is 3.10. The second-order valence-electron chi connectivity index (χ2n) is 3.36. The number of aliphatic hydroxyl groups is 1. The lowest BCUT2D eigenvalue weighted by Gasteiger charge is -2.14. The van der Waals surface area contributed by atoms with Crippen molar-refractivity contribution in [3.63, 3.8) is 0 Å². The largest absolute Gasteiger partial charge is 0.467 e. The number of carbonyl (C=O) groups is 1. The summed E-state index contributed by atoms with van der Waals surface area (Å²) in [5.41, 5.74) is -0.461. The van der Waals surface area contributed by atoms with Gasteiger partial charge in [0.05, 0.1) is 24.2 Å². The van der Waals surface area contributed by atoms with Crippen molar-refractivity contribution in [2.75, 3.05) is 19.0 Å². The highest BCUT2D eigenvalue weighted by Crippen LogP contribution is 2.23. The summed E-state index contributed by atoms with van der Waals surface area (Å²) in [5, 5.41) is 30.9. The molecular weight excluding hydrogens is 256 g/mol. The smallest absolute Gasteiger partial charge is 0.330 e. The zero-order chi connectivity index (χ0) is 14.4. The molecule has 1 atom stereocenters. The molecule has 0 spiro atoms. The number of rotatable bonds is 5. The summed E-state index contributed by atoms with van der Waals surface area (Å²) in [7, 11) is 1.12. The van der Waals surface area contributed by atoms with Gasteiger partial charge in [0.25, 0.3) is 0 Å². The third-order valence-electron chi connectivity index (χ3n) is 2.17. The molecule has 0 saturated carbocycles. The number of nitrogens with one attached hydrogen (secondary N) is 1. The molecule has 1 unspecified atom stereocenters. The van der Waals surface area contributed by atoms with E-state index in [0.717, 1.165) is 19.4 Å². The van der Waals surface area contributed by atoms with Crippen LogP contribution in [0.3, 0.4) is 0 Å². The number of nitrogens with zero attached hydrogens (tertiary/aromatic N) is 3. The van der Waals surface area contributed by atoms with Crippen LogP contribution in [-0.2, 0) is 9.53 Å². The molecule has 2 N–H and O–H groups in total. The molecule has 1 aromatic rings. The number of pyridine rings is 1. The molecule has 0 bridgehead atoms. The number of anilines is 1. The number of methoxy groups -OCH3 is 1. The van der Waals surface area contributed by atoms with Crippen LogP contribution in [0, 0.1) is 21.4 Å². The number of nitriles is 1. The normalized spacial score (nSPS) is 11.2. The summed E-state index contributed by atoms with van der Waals surface area (Å²) in [6.07, 6.45) is 1.11. The quantitative estimate of drug-likeness (QED) is 0.424. The molecule has 9 heteroatoms. The molecule has 9 nitrogen and oxygen atoms in total. The summed E-state index contributed by atoms with van der Waals surface area (Å²) in [5.74, 6) is -1.02. The first-order chi connectivity index (χ1) is 9.03. The lowest BCUT2D eigenvalue weighted by Crippen LogP contribution is -2.34. The van der Waals surface area contributed by atoms with E-state index in [1.807, 2.05) is 0 Å². The van der Waals surface area contributed by atoms with E-state index in [0.29, 0.717) is 0 Å². The van der Waals surface area contributed by atoms with Gasteiger partial charge in [0.15, 0.2) is 0 Å². The lowest BCUT2D eigenvalue weighted by atomic mass is 10.2. The average Bonchev–Trinajstić information content (AvgIpc) is 2.43. The first kappa shape index (κ1) is 14.3. The zero-order valence-corrected chi connectivity index (χ0v) is 9.86. The predicted molar refractivity (Wildman–Crippen MR) is 62.1 cm³/mol. The molecule has 0 fully saturated rings. The van der Waals surface area contributed by atoms with Crippen LogP contribution in [0.2, 0.25) is 0 Å². The van der Waals surface area contributed by atoms with Crippen LogP contribution in [-0.4, -0.2) is 40.7 Å². The second kappa shape index (κ2) is 6.27. The molecule has 0 aliphatic heterocycles. The molecule has 0 aliphatic carbocycles. The number of hydrogen-bond acceptors (Lipinski definition) is 8. The maximum Gasteiger partial charge on any atom is 0.330 e. The van der Waals surface area contributed by atoms with Crippen molar-refractivity contribution in [2.24, 2.45) is 0 Å². The second-order valence-corrected chi connectivity index (χ2v) is 3.36. The van der Waals surface area contributed by atoms with Gasteiger partial charge in [-0.15, -0.1) is 0 Å². The Hall–Kier alpha value is -2.73. The van der Waals surface area contributed by atoms with Crippen LogP contribution in [0.5, 0.6) is 0 Å². The minimum atomic E-state index is -1.18. The van der Waals surface area contributed by atoms with Crippen molar-refractivity contribution >= 4 is 17.5 Å². The van der Waals surface area contributed by atoms with E-state index in [2.05, 4.69) is 15.0 Å². The number of ether oxygens (including phenoxy) is 1. The fourth-order valence-electron chi connectivity index (χ4n) is 1.25. The molecule has 0 radical (unpaired) electrons. The molecule has 0 aromatic carbocycles. The molecule has 100 valence electrons. The Morgan fingerprint density at radius 1 is 1.79 bits per heavy atom. The van der Waals surface area contributed by atoms with Crippen molar-refractivity contribution in [2.45, 2.75) is 6.04 Å². The highest BCUT2D eigenvalue weighted by atomic mass is 16.6. The van der Waals surface area contributed by atoms with Crippen molar-refractivity contribution in [3.8, 4) is 6.07 Å². The fourth-order valence-corrected chi connectivity index (χ4v) is 1.25. The van der Waals surface area contributed by atoms with Gasteiger partial charge in [0.1, 0.15) is 12.1 Å². The third kappa shape index (κ3) is 3.36. The lowest BCUT2D eigenvalue weighted by molar-refractivity contribution is -0.384. The number of nitro groups is 1. The van der Waals surface area contributed by atoms with Crippen LogP contribution in [0.25, 0.3) is 0 Å². The Labute approximate surface area is 107 Å². The van der Waals surface area contributed by atoms with Gasteiger partial charge < -0.3 is 15.2 Å². The van der Waals surface area contributed by atoms with E-state index >= 15 is 0 Å². The van der Waals surface area contributed by atoms with Crippen LogP contribution in [0.15, 0.2) is 12.3 Å². The van der Waals surface area contributed by atoms with Gasteiger partial charge in [-0.1, -0.05) is 0 Å². The van der Waals surface area contributed by atoms with E-state index in [4.69, 9.17) is 10.4 Å². The predicted octanol–water partition coefficient (Wildman–Crippen LogP) is -0.193. The summed E-state index contributed by atoms with van der Waals surface area (Å²) in [4.78, 5) is 25.0. The Morgan fingerprint density at radius 3 is 2.95 bits per heavy atom. The SMILES string of the molecule is COC(=O)C(CO)Nc1ncc(C#N)cc1[N+](=O)[O-]. The maximum atomic E-state index is 11.3. The molecule has 1 aromatic heterocycles. The van der Waals surface area contributed by atoms with Crippen molar-refractivity contribution < 1.29 is 19.6 Å². The third-order valence-corrected chi connectivity index (χ3v) is 2.17. The summed E-state index contributed by atoms with van der Waals surface area (Å²) in [6, 6.07) is 1.55. The Bertz CT molecular complexity index is 539. The topological polar surface area (TPSA) is 138 Å². The van der Waals surface area contributed by atoms with Gasteiger partial charge in [0.2, 0.25) is 5.82 Å². The maximum absolute atomic E-state index is 11.3. The van der Waals surface area contributed by atoms with Gasteiger partial charge in [-0.3, -0.25) is 10.1 Å². The number of carbonyl (C=O) groups excluding carboxylic acids is 1. The van der Waals surface area contributed by atoms with Crippen LogP contribution in [0.1, 0.15) is 5.56 Å². The summed E-state index contributed by atoms with van der Waals surface area (Å²) >= 11 is 0. The number of esters is 1. The standard InChI is InChI=1S/C10H10N4O5/c1-19-10(16)7(5-15)13-9-8(14(17)18)2-6(3-11)4-12-9/h2,4,7,15H,5H2,1H3,(H,12,13). The molecular formula is C10H10N4O5. The van der Waals surface area contributed by atoms with Gasteiger partial charge in [-0.05, 0) is 0 Å². The minimum absolute atomic E-state index is 0.0101. The van der Waals surface area contributed by atoms with Crippen molar-refractivity contribution in [1.82, 2.24) is 4.98 Å². The first-order valence-electron chi connectivity index (χ1n) is 5.03. The van der Waals surface area contributed by atoms with Crippen molar-refractivity contribution in [3.05, 3.63) is 27.9 Å². The first-order valence-corrected chi connectivity index (χ1v) is 5.03. The fraction of sp³-hybridized carbons (Fsp3) is 0.300. The summed E-state index contributed by atoms with van der Waals surface area (Å²) < 4.78 is 4.41. The monoisotopic (exact) mass is 266 g/mol. The average molecular weight is 266 g/mol. The Kier molecular flexibility index (Phi) is 4.73. The number of hydrogen-bond donors (Lipinski definition) is 2. The van der Waals surface area contributed by atoms with E-state index < -0.39 is 29.2 Å². The van der Waals surface area contributed by atoms with Gasteiger partial charge >= 0.3 is 11.7 Å². The molecule has 1 rings (SSSR count). The van der Waals surface area contributed by atoms with Gasteiger partial charge in [0, 0.05) is 12.3 Å². The number of aliphatic hydroxyl groups excluding tert-OH is 1. The van der Waals surface area contributed by atoms with E-state index in [1.165, 1.54) is 0 Å². The number of aromatic nitrogens is 1. The van der Waals surface area contributed by atoms with Crippen LogP contribution in [0.4, 0.5) is 11.5 Å². The van der Waals surface area contributed by atoms with Crippen LogP contribution < -0.4 is 5.32 Å². The molecule has 1 heterocycles. The summed E-state index contributed by atoms with van der Waals surface area (Å²) in [6.45, 7) is -0.620. The minimum Gasteiger partial charge on any atom is -0.467 e. The van der Waals surface area contributed by atoms with Crippen molar-refractivity contribution in [1.29, 1.82) is 5.26 Å². The highest BCUT2D eigenvalue weighted by Gasteiger charge is 2.24. The molecule has 0 amide bonds. The molecule has 0 aliphatic rings. The molecule has 19 heavy (non-hydrogen) atoms. The van der Waals surface area contributed by atoms with Gasteiger partial charge in [-0.25, -0.2) is 9.78 Å². The van der Waals surface area contributed by atoms with Crippen LogP contribution >= 0.6 is 0 Å². The highest BCUT2D eigenvalue weighted by molar-refractivity contribution is 5.80. The van der Waals surface area contributed by atoms with Gasteiger partial charge in [-0.2, -0.15) is 5.26 Å². The van der Waals surface area contributed by atoms with E-state index in [1.54, 1.807) is 6.07 Å². The molecule has 0 saturated heterocycles. The van der Waals surface area contributed by atoms with E-state index in [9.17, 15) is 14.9 Å². The zero-order valence-electron chi connectivity index (χ0n) is 9.86. The van der Waals surface area contributed by atoms with E-state index in [-0.39, 0.29) is 11.4 Å².